The van der Waals surface area contributed by atoms with Crippen molar-refractivity contribution in [3.63, 3.8) is 0 Å². The second-order valence-electron chi connectivity index (χ2n) is 9.81. The minimum Gasteiger partial charge on any atom is -0.391 e. The van der Waals surface area contributed by atoms with Crippen LogP contribution >= 0.6 is 11.3 Å². The topological polar surface area (TPSA) is 64.5 Å². The van der Waals surface area contributed by atoms with Gasteiger partial charge in [0, 0.05) is 30.1 Å². The average molecular weight is 444 g/mol. The summed E-state index contributed by atoms with van der Waals surface area (Å²) in [6, 6.07) is 0.809. The van der Waals surface area contributed by atoms with Gasteiger partial charge < -0.3 is 10.4 Å². The lowest BCUT2D eigenvalue weighted by atomic mass is 9.89. The van der Waals surface area contributed by atoms with Gasteiger partial charge in [0.15, 0.2) is 0 Å². The van der Waals surface area contributed by atoms with Crippen LogP contribution in [-0.2, 0) is 6.54 Å². The van der Waals surface area contributed by atoms with Crippen molar-refractivity contribution in [2.45, 2.75) is 89.9 Å². The standard InChI is InChI=1S/C24H37N5OS/c1-16-17(2)31-24-22(16)23(26-21(27-24)15-28-11-5-6-12-28)25-18-9-13-29(14-10-18)19-7-3-4-8-20(19)30/h18-20,30H,3-15H2,1-2H3,(H,25,26,27). The average Bonchev–Trinajstić information content (AvgIpc) is 3.37. The lowest BCUT2D eigenvalue weighted by molar-refractivity contribution is 0.00993. The third-order valence-corrected chi connectivity index (χ3v) is 8.77. The molecule has 3 fully saturated rings. The Morgan fingerprint density at radius 1 is 0.968 bits per heavy atom. The molecule has 31 heavy (non-hydrogen) atoms. The first-order valence-corrected chi connectivity index (χ1v) is 13.1. The van der Waals surface area contributed by atoms with Crippen LogP contribution in [0.25, 0.3) is 10.2 Å². The molecule has 3 aliphatic rings. The van der Waals surface area contributed by atoms with Crippen molar-refractivity contribution >= 4 is 27.4 Å². The fourth-order valence-corrected chi connectivity index (χ4v) is 6.74. The van der Waals surface area contributed by atoms with Gasteiger partial charge in [-0.2, -0.15) is 0 Å². The molecule has 7 heteroatoms. The monoisotopic (exact) mass is 443 g/mol. The maximum absolute atomic E-state index is 10.4. The molecule has 2 saturated heterocycles. The van der Waals surface area contributed by atoms with E-state index in [9.17, 15) is 5.11 Å². The molecule has 2 N–H and O–H groups in total. The number of piperidine rings is 1. The van der Waals surface area contributed by atoms with Gasteiger partial charge in [-0.15, -0.1) is 11.3 Å². The highest BCUT2D eigenvalue weighted by molar-refractivity contribution is 7.18. The van der Waals surface area contributed by atoms with E-state index in [0.717, 1.165) is 74.9 Å². The summed E-state index contributed by atoms with van der Waals surface area (Å²) in [5.41, 5.74) is 1.32. The van der Waals surface area contributed by atoms with Crippen LogP contribution in [0.5, 0.6) is 0 Å². The summed E-state index contributed by atoms with van der Waals surface area (Å²) in [6.07, 6.45) is 9.23. The summed E-state index contributed by atoms with van der Waals surface area (Å²) >= 11 is 1.80. The van der Waals surface area contributed by atoms with Crippen molar-refractivity contribution in [3.05, 3.63) is 16.3 Å². The number of hydrogen-bond acceptors (Lipinski definition) is 7. The number of anilines is 1. The van der Waals surface area contributed by atoms with E-state index in [0.29, 0.717) is 12.1 Å². The Balaban J connectivity index is 1.31. The second-order valence-corrected chi connectivity index (χ2v) is 11.0. The number of aliphatic hydroxyl groups is 1. The van der Waals surface area contributed by atoms with Gasteiger partial charge in [-0.05, 0) is 71.0 Å². The van der Waals surface area contributed by atoms with Gasteiger partial charge in [0.05, 0.1) is 18.0 Å². The molecule has 1 aliphatic carbocycles. The first-order valence-electron chi connectivity index (χ1n) is 12.3. The van der Waals surface area contributed by atoms with Crippen LogP contribution in [0, 0.1) is 13.8 Å². The quantitative estimate of drug-likeness (QED) is 0.726. The summed E-state index contributed by atoms with van der Waals surface area (Å²) in [6.45, 7) is 9.72. The Hall–Kier alpha value is -1.28. The van der Waals surface area contributed by atoms with Gasteiger partial charge >= 0.3 is 0 Å². The number of aliphatic hydroxyl groups excluding tert-OH is 1. The van der Waals surface area contributed by atoms with E-state index in [1.54, 1.807) is 11.3 Å². The molecule has 5 rings (SSSR count). The number of rotatable bonds is 5. The third-order valence-electron chi connectivity index (χ3n) is 7.67. The van der Waals surface area contributed by atoms with Crippen molar-refractivity contribution in [2.24, 2.45) is 0 Å². The zero-order valence-corrected chi connectivity index (χ0v) is 19.9. The fraction of sp³-hybridized carbons (Fsp3) is 0.750. The number of likely N-dealkylation sites (tertiary alicyclic amines) is 2. The van der Waals surface area contributed by atoms with Gasteiger partial charge in [0.1, 0.15) is 16.5 Å². The maximum atomic E-state index is 10.4. The first-order chi connectivity index (χ1) is 15.1. The van der Waals surface area contributed by atoms with Crippen molar-refractivity contribution in [1.82, 2.24) is 19.8 Å². The molecule has 0 bridgehead atoms. The molecule has 0 radical (unpaired) electrons. The number of thiophene rings is 1. The normalized spacial score (nSPS) is 26.7. The van der Waals surface area contributed by atoms with Gasteiger partial charge in [-0.1, -0.05) is 12.8 Å². The van der Waals surface area contributed by atoms with Gasteiger partial charge in [0.2, 0.25) is 0 Å². The van der Waals surface area contributed by atoms with E-state index in [-0.39, 0.29) is 6.10 Å². The largest absolute Gasteiger partial charge is 0.391 e. The Morgan fingerprint density at radius 2 is 1.71 bits per heavy atom. The zero-order chi connectivity index (χ0) is 21.4. The van der Waals surface area contributed by atoms with Crippen LogP contribution in [-0.4, -0.2) is 69.2 Å². The summed E-state index contributed by atoms with van der Waals surface area (Å²) < 4.78 is 0. The van der Waals surface area contributed by atoms with E-state index in [2.05, 4.69) is 29.0 Å². The Kier molecular flexibility index (Phi) is 6.47. The van der Waals surface area contributed by atoms with Crippen LogP contribution in [0.1, 0.15) is 67.6 Å². The fourth-order valence-electron chi connectivity index (χ4n) is 5.70. The number of fused-ring (bicyclic) bond motifs is 1. The van der Waals surface area contributed by atoms with Crippen molar-refractivity contribution in [3.8, 4) is 0 Å². The Labute approximate surface area is 190 Å². The predicted molar refractivity (Wildman–Crippen MR) is 128 cm³/mol. The highest BCUT2D eigenvalue weighted by Crippen LogP contribution is 2.35. The number of aromatic nitrogens is 2. The number of hydrogen-bond donors (Lipinski definition) is 2. The van der Waals surface area contributed by atoms with E-state index >= 15 is 0 Å². The number of aryl methyl sites for hydroxylation is 2. The molecule has 0 spiro atoms. The van der Waals surface area contributed by atoms with Crippen LogP contribution in [0.15, 0.2) is 0 Å². The lowest BCUT2D eigenvalue weighted by Crippen LogP contribution is -2.50. The molecular weight excluding hydrogens is 406 g/mol. The molecule has 2 aromatic rings. The molecule has 6 nitrogen and oxygen atoms in total. The molecule has 2 atom stereocenters. The van der Waals surface area contributed by atoms with Crippen LogP contribution in [0.3, 0.4) is 0 Å². The van der Waals surface area contributed by atoms with Crippen molar-refractivity contribution < 1.29 is 5.11 Å². The summed E-state index contributed by atoms with van der Waals surface area (Å²) in [4.78, 5) is 17.5. The van der Waals surface area contributed by atoms with Gasteiger partial charge in [-0.25, -0.2) is 9.97 Å². The highest BCUT2D eigenvalue weighted by atomic mass is 32.1. The molecular formula is C24H37N5OS. The molecule has 170 valence electrons. The smallest absolute Gasteiger partial charge is 0.146 e. The van der Waals surface area contributed by atoms with Crippen molar-refractivity contribution in [2.75, 3.05) is 31.5 Å². The lowest BCUT2D eigenvalue weighted by Gasteiger charge is -2.41. The summed E-state index contributed by atoms with van der Waals surface area (Å²) in [5.74, 6) is 2.00. The SMILES string of the molecule is Cc1sc2nc(CN3CCCC3)nc(NC3CCN(C4CCCCC4O)CC3)c2c1C. The van der Waals surface area contributed by atoms with Crippen LogP contribution in [0.2, 0.25) is 0 Å². The molecule has 1 saturated carbocycles. The summed E-state index contributed by atoms with van der Waals surface area (Å²) in [7, 11) is 0. The summed E-state index contributed by atoms with van der Waals surface area (Å²) in [5, 5.41) is 15.5. The molecule has 0 amide bonds. The number of nitrogens with one attached hydrogen (secondary N) is 1. The van der Waals surface area contributed by atoms with Gasteiger partial charge in [0.25, 0.3) is 0 Å². The maximum Gasteiger partial charge on any atom is 0.146 e. The van der Waals surface area contributed by atoms with E-state index in [1.165, 1.54) is 41.5 Å². The molecule has 4 heterocycles. The van der Waals surface area contributed by atoms with Crippen molar-refractivity contribution in [1.29, 1.82) is 0 Å². The second kappa shape index (κ2) is 9.30. The Morgan fingerprint density at radius 3 is 2.45 bits per heavy atom. The van der Waals surface area contributed by atoms with E-state index in [4.69, 9.17) is 9.97 Å². The predicted octanol–water partition coefficient (Wildman–Crippen LogP) is 4.08. The van der Waals surface area contributed by atoms with E-state index < -0.39 is 0 Å². The zero-order valence-electron chi connectivity index (χ0n) is 19.1. The third kappa shape index (κ3) is 4.61. The molecule has 2 unspecified atom stereocenters. The molecule has 0 aromatic carbocycles. The van der Waals surface area contributed by atoms with Crippen LogP contribution in [0.4, 0.5) is 5.82 Å². The van der Waals surface area contributed by atoms with Gasteiger partial charge in [-0.3, -0.25) is 9.80 Å². The molecule has 2 aromatic heterocycles. The van der Waals surface area contributed by atoms with E-state index in [1.807, 2.05) is 0 Å². The first kappa shape index (κ1) is 21.6. The highest BCUT2D eigenvalue weighted by Gasteiger charge is 2.32. The Bertz CT molecular complexity index is 901. The number of nitrogens with zero attached hydrogens (tertiary/aromatic N) is 4. The van der Waals surface area contributed by atoms with Crippen LogP contribution < -0.4 is 5.32 Å². The minimum atomic E-state index is -0.135. The molecule has 2 aliphatic heterocycles. The minimum absolute atomic E-state index is 0.135.